The number of rotatable bonds is 19. The van der Waals surface area contributed by atoms with Gasteiger partial charge in [-0.2, -0.15) is 0 Å². The zero-order valence-electron chi connectivity index (χ0n) is 34.6. The molecule has 0 aliphatic carbocycles. The predicted molar refractivity (Wildman–Crippen MR) is 226 cm³/mol. The van der Waals surface area contributed by atoms with E-state index in [4.69, 9.17) is 4.74 Å². The Morgan fingerprint density at radius 3 is 2.07 bits per heavy atom. The fraction of sp³-hybridized carbons (Fsp3) is 0.409. The highest BCUT2D eigenvalue weighted by Crippen LogP contribution is 2.20. The maximum atomic E-state index is 14.1. The molecule has 3 aromatic carbocycles. The number of hydrogen-bond acceptors (Lipinski definition) is 7. The molecule has 0 fully saturated rings. The van der Waals surface area contributed by atoms with Gasteiger partial charge in [0, 0.05) is 42.3 Å². The number of aryl methyl sites for hydroxylation is 3. The molecule has 0 saturated carbocycles. The number of urea groups is 1. The number of benzene rings is 3. The molecule has 4 rings (SSSR count). The summed E-state index contributed by atoms with van der Waals surface area (Å²) in [6.07, 6.45) is 1.53. The van der Waals surface area contributed by atoms with Crippen molar-refractivity contribution in [3.63, 3.8) is 0 Å². The van der Waals surface area contributed by atoms with Gasteiger partial charge in [-0.05, 0) is 108 Å². The number of H-pyrrole nitrogens is 1. The van der Waals surface area contributed by atoms with Gasteiger partial charge < -0.3 is 46.7 Å². The Hall–Kier alpha value is -6.38. The number of aliphatic carboxylic acids is 1. The van der Waals surface area contributed by atoms with Crippen molar-refractivity contribution in [2.24, 2.45) is 0 Å². The van der Waals surface area contributed by atoms with E-state index in [1.807, 2.05) is 51.1 Å². The van der Waals surface area contributed by atoms with Gasteiger partial charge >= 0.3 is 18.1 Å². The smallest absolute Gasteiger partial charge is 0.408 e. The van der Waals surface area contributed by atoms with Crippen LogP contribution >= 0.6 is 0 Å². The van der Waals surface area contributed by atoms with Crippen LogP contribution in [-0.4, -0.2) is 82.7 Å². The molecule has 8 N–H and O–H groups in total. The average molecular weight is 812 g/mol. The first kappa shape index (κ1) is 45.3. The first-order chi connectivity index (χ1) is 28.0. The maximum Gasteiger partial charge on any atom is 0.408 e. The summed E-state index contributed by atoms with van der Waals surface area (Å²) in [6, 6.07) is 16.2. The fourth-order valence-electron chi connectivity index (χ4n) is 6.79. The SMILES string of the molecule is Cc1cc(C)c(CCNC(=O)[C@H](CC(=O)O)NC(=O)[C@H](CCCCNC(=O)Nc2ccccc2)NC(=O)[C@H](Cc2c[nH]c3ccccc23)NC(=O)OC(C)(C)C)c(C)c1. The number of carboxylic acids is 1. The third-order valence-corrected chi connectivity index (χ3v) is 9.50. The number of unbranched alkanes of at least 4 members (excludes halogenated alkanes) is 1. The summed E-state index contributed by atoms with van der Waals surface area (Å²) in [7, 11) is 0. The number of fused-ring (bicyclic) bond motifs is 1. The number of nitrogens with one attached hydrogen (secondary N) is 7. The highest BCUT2D eigenvalue weighted by Gasteiger charge is 2.32. The van der Waals surface area contributed by atoms with E-state index in [2.05, 4.69) is 49.0 Å². The lowest BCUT2D eigenvalue weighted by atomic mass is 9.97. The molecule has 0 bridgehead atoms. The lowest BCUT2D eigenvalue weighted by molar-refractivity contribution is -0.141. The van der Waals surface area contributed by atoms with Crippen LogP contribution in [0.15, 0.2) is 72.9 Å². The van der Waals surface area contributed by atoms with Gasteiger partial charge in [0.2, 0.25) is 17.7 Å². The predicted octanol–water partition coefficient (Wildman–Crippen LogP) is 5.32. The normalized spacial score (nSPS) is 12.7. The summed E-state index contributed by atoms with van der Waals surface area (Å²) in [6.45, 7) is 11.5. The Morgan fingerprint density at radius 2 is 1.39 bits per heavy atom. The Bertz CT molecular complexity index is 2070. The molecule has 3 atom stereocenters. The first-order valence-corrected chi connectivity index (χ1v) is 19.8. The minimum absolute atomic E-state index is 0.0356. The zero-order chi connectivity index (χ0) is 43.1. The summed E-state index contributed by atoms with van der Waals surface area (Å²) in [5.74, 6) is -3.49. The third kappa shape index (κ3) is 14.8. The van der Waals surface area contributed by atoms with Crippen LogP contribution in [0.4, 0.5) is 15.3 Å². The van der Waals surface area contributed by atoms with Gasteiger partial charge in [0.05, 0.1) is 6.42 Å². The maximum absolute atomic E-state index is 14.1. The van der Waals surface area contributed by atoms with Gasteiger partial charge in [-0.1, -0.05) is 54.1 Å². The highest BCUT2D eigenvalue weighted by molar-refractivity contribution is 5.95. The van der Waals surface area contributed by atoms with E-state index in [0.717, 1.165) is 38.7 Å². The number of alkyl carbamates (subject to hydrolysis) is 1. The molecule has 1 aromatic heterocycles. The third-order valence-electron chi connectivity index (χ3n) is 9.50. The number of amides is 6. The Morgan fingerprint density at radius 1 is 0.746 bits per heavy atom. The van der Waals surface area contributed by atoms with Crippen molar-refractivity contribution >= 4 is 52.4 Å². The van der Waals surface area contributed by atoms with Gasteiger partial charge in [-0.15, -0.1) is 0 Å². The molecule has 0 unspecified atom stereocenters. The Balaban J connectivity index is 1.50. The molecule has 4 aromatic rings. The standard InChI is InChI=1S/C44H57N7O8/c1-27-22-28(2)32(29(3)23-27)19-21-45-39(54)37(25-38(52)53)50-40(55)35(18-12-13-20-46-42(57)48-31-14-8-7-9-15-31)49-41(56)36(51-43(58)59-44(4,5)6)24-30-26-47-34-17-11-10-16-33(30)34/h7-11,14-17,22-23,26,35-37,47H,12-13,18-21,24-25H2,1-6H3,(H,45,54)(H,49,56)(H,50,55)(H,51,58)(H,52,53)(H2,46,48,57)/t35-,36-,37-/m0/s1. The molecule has 15 heteroatoms. The van der Waals surface area contributed by atoms with Gasteiger partial charge in [0.15, 0.2) is 0 Å². The van der Waals surface area contributed by atoms with E-state index in [1.54, 1.807) is 51.2 Å². The van der Waals surface area contributed by atoms with Crippen LogP contribution in [0.25, 0.3) is 10.9 Å². The van der Waals surface area contributed by atoms with E-state index in [0.29, 0.717) is 24.9 Å². The quantitative estimate of drug-likeness (QED) is 0.0578. The average Bonchev–Trinajstić information content (AvgIpc) is 3.56. The molecule has 316 valence electrons. The molecule has 0 saturated heterocycles. The topological polar surface area (TPSA) is 220 Å². The minimum Gasteiger partial charge on any atom is -0.481 e. The second kappa shape index (κ2) is 21.4. The Kier molecular flexibility index (Phi) is 16.4. The summed E-state index contributed by atoms with van der Waals surface area (Å²) in [4.78, 5) is 82.0. The number of carbonyl (C=O) groups excluding carboxylic acids is 5. The van der Waals surface area contributed by atoms with Crippen LogP contribution < -0.4 is 31.9 Å². The van der Waals surface area contributed by atoms with Gasteiger partial charge in [-0.3, -0.25) is 19.2 Å². The minimum atomic E-state index is -1.45. The molecule has 0 aliphatic heterocycles. The lowest BCUT2D eigenvalue weighted by Gasteiger charge is -2.26. The summed E-state index contributed by atoms with van der Waals surface area (Å²) >= 11 is 0. The number of aromatic amines is 1. The van der Waals surface area contributed by atoms with E-state index >= 15 is 0 Å². The number of hydrogen-bond donors (Lipinski definition) is 8. The molecule has 59 heavy (non-hydrogen) atoms. The number of ether oxygens (including phenoxy) is 1. The van der Waals surface area contributed by atoms with Gasteiger partial charge in [-0.25, -0.2) is 9.59 Å². The van der Waals surface area contributed by atoms with Crippen molar-refractivity contribution in [1.29, 1.82) is 0 Å². The fourth-order valence-corrected chi connectivity index (χ4v) is 6.79. The van der Waals surface area contributed by atoms with Crippen molar-refractivity contribution in [1.82, 2.24) is 31.6 Å². The van der Waals surface area contributed by atoms with Crippen LogP contribution in [0.3, 0.4) is 0 Å². The van der Waals surface area contributed by atoms with Crippen molar-refractivity contribution in [3.8, 4) is 0 Å². The van der Waals surface area contributed by atoms with Crippen molar-refractivity contribution in [2.75, 3.05) is 18.4 Å². The number of para-hydroxylation sites is 2. The van der Waals surface area contributed by atoms with Crippen LogP contribution in [0.2, 0.25) is 0 Å². The van der Waals surface area contributed by atoms with Crippen molar-refractivity contribution < 1.29 is 38.6 Å². The molecule has 0 radical (unpaired) electrons. The summed E-state index contributed by atoms with van der Waals surface area (Å²) < 4.78 is 5.46. The number of aromatic nitrogens is 1. The second-order valence-corrected chi connectivity index (χ2v) is 15.6. The van der Waals surface area contributed by atoms with E-state index in [1.165, 1.54) is 0 Å². The van der Waals surface area contributed by atoms with Crippen molar-refractivity contribution in [3.05, 3.63) is 101 Å². The number of carboxylic acid groups (broad SMARTS) is 1. The molecular weight excluding hydrogens is 755 g/mol. The van der Waals surface area contributed by atoms with Gasteiger partial charge in [0.25, 0.3) is 0 Å². The van der Waals surface area contributed by atoms with Crippen LogP contribution in [0.1, 0.15) is 74.3 Å². The highest BCUT2D eigenvalue weighted by atomic mass is 16.6. The van der Waals surface area contributed by atoms with E-state index in [-0.39, 0.29) is 25.9 Å². The van der Waals surface area contributed by atoms with E-state index in [9.17, 15) is 33.9 Å². The molecule has 0 spiro atoms. The second-order valence-electron chi connectivity index (χ2n) is 15.6. The van der Waals surface area contributed by atoms with Crippen LogP contribution in [-0.2, 0) is 36.8 Å². The lowest BCUT2D eigenvalue weighted by Crippen LogP contribution is -2.57. The Labute approximate surface area is 344 Å². The zero-order valence-corrected chi connectivity index (χ0v) is 34.6. The molecule has 0 aliphatic rings. The molecular formula is C44H57N7O8. The van der Waals surface area contributed by atoms with E-state index < -0.39 is 66.0 Å². The number of anilines is 1. The monoisotopic (exact) mass is 811 g/mol. The summed E-state index contributed by atoms with van der Waals surface area (Å²) in [5.41, 5.74) is 5.63. The molecule has 1 heterocycles. The number of carbonyl (C=O) groups is 6. The van der Waals surface area contributed by atoms with Crippen LogP contribution in [0, 0.1) is 20.8 Å². The first-order valence-electron chi connectivity index (χ1n) is 19.8. The van der Waals surface area contributed by atoms with Crippen molar-refractivity contribution in [2.45, 2.75) is 104 Å². The molecule has 6 amide bonds. The summed E-state index contributed by atoms with van der Waals surface area (Å²) in [5, 5.41) is 26.8. The van der Waals surface area contributed by atoms with Crippen LogP contribution in [0.5, 0.6) is 0 Å². The largest absolute Gasteiger partial charge is 0.481 e. The van der Waals surface area contributed by atoms with Gasteiger partial charge in [0.1, 0.15) is 23.7 Å². The molecule has 15 nitrogen and oxygen atoms in total.